The molecule has 0 amide bonds. The molecule has 0 saturated heterocycles. The van der Waals surface area contributed by atoms with Crippen LogP contribution in [-0.4, -0.2) is 22.6 Å². The topological polar surface area (TPSA) is 113 Å². The summed E-state index contributed by atoms with van der Waals surface area (Å²) in [5.41, 5.74) is -0.810. The van der Waals surface area contributed by atoms with E-state index in [0.717, 1.165) is 6.07 Å². The fraction of sp³-hybridized carbons (Fsp3) is 0.273. The third kappa shape index (κ3) is 2.74. The van der Waals surface area contributed by atoms with Gasteiger partial charge in [0, 0.05) is 0 Å². The maximum Gasteiger partial charge on any atom is 0.315 e. The van der Waals surface area contributed by atoms with Crippen LogP contribution in [0.5, 0.6) is 5.75 Å². The molecule has 1 aromatic rings. The van der Waals surface area contributed by atoms with Crippen molar-refractivity contribution in [2.45, 2.75) is 13.3 Å². The number of nitriles is 1. The van der Waals surface area contributed by atoms with Crippen LogP contribution in [-0.2, 0) is 16.0 Å². The summed E-state index contributed by atoms with van der Waals surface area (Å²) < 4.78 is 4.67. The van der Waals surface area contributed by atoms with Gasteiger partial charge in [-0.25, -0.2) is 0 Å². The van der Waals surface area contributed by atoms with Gasteiger partial charge >= 0.3 is 11.7 Å². The molecule has 0 spiro atoms. The van der Waals surface area contributed by atoms with Crippen LogP contribution in [0, 0.1) is 21.4 Å². The van der Waals surface area contributed by atoms with Gasteiger partial charge in [-0.3, -0.25) is 14.9 Å². The van der Waals surface area contributed by atoms with Crippen LogP contribution in [0.3, 0.4) is 0 Å². The molecule has 18 heavy (non-hydrogen) atoms. The molecule has 1 N–H and O–H groups in total. The van der Waals surface area contributed by atoms with Gasteiger partial charge in [-0.1, -0.05) is 0 Å². The summed E-state index contributed by atoms with van der Waals surface area (Å²) in [7, 11) is 0. The number of aromatic hydroxyl groups is 1. The maximum absolute atomic E-state index is 11.3. The molecule has 0 saturated carbocycles. The van der Waals surface area contributed by atoms with Crippen molar-refractivity contribution in [1.82, 2.24) is 0 Å². The molecule has 0 aliphatic carbocycles. The molecule has 0 aliphatic rings. The van der Waals surface area contributed by atoms with E-state index in [9.17, 15) is 20.0 Å². The van der Waals surface area contributed by atoms with Crippen LogP contribution in [0.1, 0.15) is 18.1 Å². The number of nitro groups is 1. The van der Waals surface area contributed by atoms with Gasteiger partial charge in [-0.2, -0.15) is 5.26 Å². The SMILES string of the molecule is CCOC(=O)Cc1c(C#N)ccc(O)c1[N+](=O)[O-]. The van der Waals surface area contributed by atoms with Crippen LogP contribution >= 0.6 is 0 Å². The van der Waals surface area contributed by atoms with Crippen LogP contribution in [0.25, 0.3) is 0 Å². The Morgan fingerprint density at radius 3 is 2.78 bits per heavy atom. The summed E-state index contributed by atoms with van der Waals surface area (Å²) in [5, 5.41) is 29.1. The Hall–Kier alpha value is -2.62. The fourth-order valence-corrected chi connectivity index (χ4v) is 1.47. The number of esters is 1. The highest BCUT2D eigenvalue weighted by atomic mass is 16.6. The van der Waals surface area contributed by atoms with E-state index in [-0.39, 0.29) is 17.7 Å². The van der Waals surface area contributed by atoms with Crippen molar-refractivity contribution in [3.63, 3.8) is 0 Å². The lowest BCUT2D eigenvalue weighted by Crippen LogP contribution is -2.10. The lowest BCUT2D eigenvalue weighted by atomic mass is 10.0. The zero-order valence-corrected chi connectivity index (χ0v) is 9.54. The third-order valence-corrected chi connectivity index (χ3v) is 2.19. The van der Waals surface area contributed by atoms with Gasteiger partial charge in [0.1, 0.15) is 0 Å². The van der Waals surface area contributed by atoms with Crippen molar-refractivity contribution in [3.8, 4) is 11.8 Å². The van der Waals surface area contributed by atoms with Gasteiger partial charge in [0.15, 0.2) is 5.75 Å². The van der Waals surface area contributed by atoms with Crippen LogP contribution in [0.2, 0.25) is 0 Å². The van der Waals surface area contributed by atoms with E-state index >= 15 is 0 Å². The quantitative estimate of drug-likeness (QED) is 0.489. The van der Waals surface area contributed by atoms with Crippen molar-refractivity contribution in [1.29, 1.82) is 5.26 Å². The summed E-state index contributed by atoms with van der Waals surface area (Å²) in [6.45, 7) is 1.73. The maximum atomic E-state index is 11.3. The Morgan fingerprint density at radius 1 is 1.61 bits per heavy atom. The molecule has 1 aromatic carbocycles. The molecular formula is C11H10N2O5. The van der Waals surface area contributed by atoms with E-state index in [0.29, 0.717) is 0 Å². The fourth-order valence-electron chi connectivity index (χ4n) is 1.47. The molecule has 94 valence electrons. The molecule has 1 rings (SSSR count). The molecule has 0 aliphatic heterocycles. The van der Waals surface area contributed by atoms with Gasteiger partial charge in [-0.15, -0.1) is 0 Å². The van der Waals surface area contributed by atoms with E-state index in [2.05, 4.69) is 4.74 Å². The number of nitrogens with zero attached hydrogens (tertiary/aromatic N) is 2. The van der Waals surface area contributed by atoms with E-state index in [1.807, 2.05) is 0 Å². The zero-order valence-electron chi connectivity index (χ0n) is 9.54. The van der Waals surface area contributed by atoms with Crippen molar-refractivity contribution in [2.24, 2.45) is 0 Å². The van der Waals surface area contributed by atoms with Gasteiger partial charge < -0.3 is 9.84 Å². The summed E-state index contributed by atoms with van der Waals surface area (Å²) in [4.78, 5) is 21.3. The minimum Gasteiger partial charge on any atom is -0.502 e. The van der Waals surface area contributed by atoms with Gasteiger partial charge in [-0.05, 0) is 19.1 Å². The van der Waals surface area contributed by atoms with Gasteiger partial charge in [0.05, 0.1) is 35.1 Å². The molecule has 0 atom stereocenters. The summed E-state index contributed by atoms with van der Waals surface area (Å²) in [6, 6.07) is 4.01. The lowest BCUT2D eigenvalue weighted by molar-refractivity contribution is -0.386. The molecule has 7 heteroatoms. The number of hydrogen-bond acceptors (Lipinski definition) is 6. The average molecular weight is 250 g/mol. The second-order valence-electron chi connectivity index (χ2n) is 3.31. The first-order valence-electron chi connectivity index (χ1n) is 5.06. The highest BCUT2D eigenvalue weighted by molar-refractivity contribution is 5.76. The number of benzene rings is 1. The van der Waals surface area contributed by atoms with Gasteiger partial charge in [0.25, 0.3) is 0 Å². The Labute approximate surface area is 102 Å². The Bertz CT molecular complexity index is 533. The molecule has 7 nitrogen and oxygen atoms in total. The summed E-state index contributed by atoms with van der Waals surface area (Å²) in [6.07, 6.45) is -0.429. The van der Waals surface area contributed by atoms with Crippen molar-refractivity contribution in [3.05, 3.63) is 33.4 Å². The van der Waals surface area contributed by atoms with E-state index in [1.165, 1.54) is 6.07 Å². The average Bonchev–Trinajstić information content (AvgIpc) is 2.29. The first kappa shape index (κ1) is 13.4. The minimum absolute atomic E-state index is 0.0347. The molecule has 0 unspecified atom stereocenters. The normalized spacial score (nSPS) is 9.56. The second-order valence-corrected chi connectivity index (χ2v) is 3.31. The number of nitro benzene ring substituents is 1. The number of carbonyl (C=O) groups excluding carboxylic acids is 1. The number of rotatable bonds is 4. The summed E-state index contributed by atoms with van der Waals surface area (Å²) in [5.74, 6) is -1.28. The molecular weight excluding hydrogens is 240 g/mol. The largest absolute Gasteiger partial charge is 0.502 e. The minimum atomic E-state index is -0.829. The predicted octanol–water partition coefficient (Wildman–Crippen LogP) is 1.28. The Balaban J connectivity index is 3.29. The Kier molecular flexibility index (Phi) is 4.21. The monoisotopic (exact) mass is 250 g/mol. The Morgan fingerprint density at radius 2 is 2.28 bits per heavy atom. The van der Waals surface area contributed by atoms with E-state index in [4.69, 9.17) is 5.26 Å². The smallest absolute Gasteiger partial charge is 0.315 e. The van der Waals surface area contributed by atoms with Crippen LogP contribution < -0.4 is 0 Å². The van der Waals surface area contributed by atoms with Gasteiger partial charge in [0.2, 0.25) is 0 Å². The first-order valence-corrected chi connectivity index (χ1v) is 5.06. The second kappa shape index (κ2) is 5.63. The number of ether oxygens (including phenoxy) is 1. The highest BCUT2D eigenvalue weighted by Crippen LogP contribution is 2.32. The van der Waals surface area contributed by atoms with Crippen molar-refractivity contribution in [2.75, 3.05) is 6.61 Å². The van der Waals surface area contributed by atoms with Crippen molar-refractivity contribution >= 4 is 11.7 Å². The molecule has 0 radical (unpaired) electrons. The molecule has 0 aromatic heterocycles. The van der Waals surface area contributed by atoms with Crippen LogP contribution in [0.4, 0.5) is 5.69 Å². The number of phenols is 1. The van der Waals surface area contributed by atoms with E-state index < -0.39 is 28.8 Å². The molecule has 0 fully saturated rings. The first-order chi connectivity index (χ1) is 8.51. The van der Waals surface area contributed by atoms with E-state index in [1.54, 1.807) is 13.0 Å². The number of phenolic OH excluding ortho intramolecular Hbond substituents is 1. The predicted molar refractivity (Wildman–Crippen MR) is 59.8 cm³/mol. The highest BCUT2D eigenvalue weighted by Gasteiger charge is 2.25. The molecule has 0 bridgehead atoms. The van der Waals surface area contributed by atoms with Crippen LogP contribution in [0.15, 0.2) is 12.1 Å². The standard InChI is InChI=1S/C11H10N2O5/c1-2-18-10(15)5-8-7(6-12)3-4-9(14)11(8)13(16)17/h3-4,14H,2,5H2,1H3. The summed E-state index contributed by atoms with van der Waals surface area (Å²) >= 11 is 0. The lowest BCUT2D eigenvalue weighted by Gasteiger charge is -2.06. The number of carbonyl (C=O) groups is 1. The molecule has 0 heterocycles. The van der Waals surface area contributed by atoms with Crippen molar-refractivity contribution < 1.29 is 19.6 Å². The zero-order chi connectivity index (χ0) is 13.7. The third-order valence-electron chi connectivity index (χ3n) is 2.19. The number of hydrogen-bond donors (Lipinski definition) is 1.